The van der Waals surface area contributed by atoms with E-state index in [4.69, 9.17) is 0 Å². The number of hydrogen-bond donors (Lipinski definition) is 0. The van der Waals surface area contributed by atoms with Gasteiger partial charge in [-0.15, -0.1) is 10.2 Å². The van der Waals surface area contributed by atoms with Crippen LogP contribution in [0.15, 0.2) is 59.8 Å². The number of aromatic nitrogens is 3. The van der Waals surface area contributed by atoms with Crippen LogP contribution in [0.4, 0.5) is 0 Å². The fourth-order valence-corrected chi connectivity index (χ4v) is 6.26. The van der Waals surface area contributed by atoms with Crippen molar-refractivity contribution in [1.82, 2.24) is 14.8 Å². The van der Waals surface area contributed by atoms with E-state index in [9.17, 15) is 8.42 Å². The maximum Gasteiger partial charge on any atom is 0.191 e. The fourth-order valence-electron chi connectivity index (χ4n) is 3.51. The number of nitrogens with zero attached hydrogens (tertiary/aromatic N) is 3. The van der Waals surface area contributed by atoms with Crippen molar-refractivity contribution >= 4 is 21.6 Å². The maximum absolute atomic E-state index is 11.6. The Labute approximate surface area is 170 Å². The van der Waals surface area contributed by atoms with Crippen LogP contribution in [-0.2, 0) is 29.1 Å². The highest BCUT2D eigenvalue weighted by Gasteiger charge is 2.29. The van der Waals surface area contributed by atoms with Crippen molar-refractivity contribution < 1.29 is 8.42 Å². The standard InChI is InChI=1S/C21H23N3O2S2/c1-24-20(13-17-11-12-28(25,26)15-17)22-23-21(24)27-14-16-7-9-19(10-8-16)18-5-3-2-4-6-18/h2-10,17H,11-15H2,1H3/t17-/m0/s1. The Morgan fingerprint density at radius 1 is 1.04 bits per heavy atom. The highest BCUT2D eigenvalue weighted by molar-refractivity contribution is 7.98. The van der Waals surface area contributed by atoms with Crippen molar-refractivity contribution in [3.8, 4) is 11.1 Å². The van der Waals surface area contributed by atoms with E-state index in [1.807, 2.05) is 29.8 Å². The number of benzene rings is 2. The quantitative estimate of drug-likeness (QED) is 0.576. The third-order valence-electron chi connectivity index (χ3n) is 5.15. The third kappa shape index (κ3) is 4.47. The monoisotopic (exact) mass is 413 g/mol. The van der Waals surface area contributed by atoms with Gasteiger partial charge in [-0.05, 0) is 29.0 Å². The van der Waals surface area contributed by atoms with E-state index in [2.05, 4.69) is 46.6 Å². The molecular weight excluding hydrogens is 390 g/mol. The van der Waals surface area contributed by atoms with Crippen LogP contribution < -0.4 is 0 Å². The van der Waals surface area contributed by atoms with Gasteiger partial charge in [0, 0.05) is 19.2 Å². The van der Waals surface area contributed by atoms with Gasteiger partial charge in [-0.1, -0.05) is 66.4 Å². The SMILES string of the molecule is Cn1c(C[C@@H]2CCS(=O)(=O)C2)nnc1SCc1ccc(-c2ccccc2)cc1. The molecule has 0 radical (unpaired) electrons. The molecule has 0 bridgehead atoms. The predicted molar refractivity (Wildman–Crippen MR) is 113 cm³/mol. The van der Waals surface area contributed by atoms with Crippen molar-refractivity contribution in [1.29, 1.82) is 0 Å². The zero-order valence-electron chi connectivity index (χ0n) is 15.8. The molecule has 0 amide bonds. The Morgan fingerprint density at radius 3 is 2.43 bits per heavy atom. The highest BCUT2D eigenvalue weighted by atomic mass is 32.2. The Balaban J connectivity index is 1.37. The zero-order chi connectivity index (χ0) is 19.6. The van der Waals surface area contributed by atoms with Crippen molar-refractivity contribution in [2.75, 3.05) is 11.5 Å². The molecule has 2 aromatic carbocycles. The largest absolute Gasteiger partial charge is 0.309 e. The summed E-state index contributed by atoms with van der Waals surface area (Å²) in [6.45, 7) is 0. The molecule has 0 saturated carbocycles. The lowest BCUT2D eigenvalue weighted by Gasteiger charge is -2.08. The lowest BCUT2D eigenvalue weighted by Crippen LogP contribution is -2.11. The predicted octanol–water partition coefficient (Wildman–Crippen LogP) is 3.75. The Hall–Kier alpha value is -2.12. The lowest BCUT2D eigenvalue weighted by atomic mass is 10.0. The Morgan fingerprint density at radius 2 is 1.75 bits per heavy atom. The summed E-state index contributed by atoms with van der Waals surface area (Å²) in [6, 6.07) is 18.9. The van der Waals surface area contributed by atoms with Gasteiger partial charge in [0.15, 0.2) is 15.0 Å². The van der Waals surface area contributed by atoms with Gasteiger partial charge in [0.25, 0.3) is 0 Å². The van der Waals surface area contributed by atoms with Crippen LogP contribution in [-0.4, -0.2) is 34.7 Å². The summed E-state index contributed by atoms with van der Waals surface area (Å²) < 4.78 is 25.3. The minimum absolute atomic E-state index is 0.163. The molecule has 3 aromatic rings. The van der Waals surface area contributed by atoms with E-state index in [0.29, 0.717) is 12.2 Å². The molecule has 28 heavy (non-hydrogen) atoms. The molecule has 2 heterocycles. The molecule has 1 fully saturated rings. The molecule has 0 N–H and O–H groups in total. The molecule has 7 heteroatoms. The van der Waals surface area contributed by atoms with Crippen LogP contribution in [0.2, 0.25) is 0 Å². The van der Waals surface area contributed by atoms with Gasteiger partial charge in [-0.25, -0.2) is 8.42 Å². The van der Waals surface area contributed by atoms with Gasteiger partial charge < -0.3 is 4.57 Å². The highest BCUT2D eigenvalue weighted by Crippen LogP contribution is 2.26. The summed E-state index contributed by atoms with van der Waals surface area (Å²) in [5.74, 6) is 2.42. The van der Waals surface area contributed by atoms with Crippen molar-refractivity contribution in [3.63, 3.8) is 0 Å². The minimum Gasteiger partial charge on any atom is -0.309 e. The minimum atomic E-state index is -2.85. The van der Waals surface area contributed by atoms with Crippen LogP contribution in [0.5, 0.6) is 0 Å². The fraction of sp³-hybridized carbons (Fsp3) is 0.333. The van der Waals surface area contributed by atoms with Crippen LogP contribution in [0.3, 0.4) is 0 Å². The molecule has 4 rings (SSSR count). The molecule has 1 aliphatic rings. The smallest absolute Gasteiger partial charge is 0.191 e. The first-order valence-corrected chi connectivity index (χ1v) is 12.2. The van der Waals surface area contributed by atoms with Gasteiger partial charge in [0.2, 0.25) is 0 Å². The summed E-state index contributed by atoms with van der Waals surface area (Å²) in [6.07, 6.45) is 1.40. The topological polar surface area (TPSA) is 64.8 Å². The molecule has 1 aliphatic heterocycles. The first-order chi connectivity index (χ1) is 13.5. The van der Waals surface area contributed by atoms with Gasteiger partial charge in [-0.2, -0.15) is 0 Å². The second kappa shape index (κ2) is 8.09. The Kier molecular flexibility index (Phi) is 5.55. The molecule has 146 valence electrons. The lowest BCUT2D eigenvalue weighted by molar-refractivity contribution is 0.552. The molecule has 0 unspecified atom stereocenters. The third-order valence-corrected chi connectivity index (χ3v) is 8.08. The second-order valence-corrected chi connectivity index (χ2v) is 10.5. The second-order valence-electron chi connectivity index (χ2n) is 7.28. The van der Waals surface area contributed by atoms with Crippen molar-refractivity contribution in [2.24, 2.45) is 13.0 Å². The molecule has 0 aliphatic carbocycles. The maximum atomic E-state index is 11.6. The summed E-state index contributed by atoms with van der Waals surface area (Å²) in [7, 11) is -0.896. The summed E-state index contributed by atoms with van der Waals surface area (Å²) >= 11 is 1.65. The average molecular weight is 414 g/mol. The molecule has 5 nitrogen and oxygen atoms in total. The number of rotatable bonds is 6. The Bertz CT molecular complexity index is 1050. The van der Waals surface area contributed by atoms with E-state index >= 15 is 0 Å². The summed E-state index contributed by atoms with van der Waals surface area (Å²) in [5, 5.41) is 9.46. The van der Waals surface area contributed by atoms with Gasteiger partial charge in [-0.3, -0.25) is 0 Å². The number of hydrogen-bond acceptors (Lipinski definition) is 5. The first kappa shape index (κ1) is 19.2. The van der Waals surface area contributed by atoms with Crippen LogP contribution >= 0.6 is 11.8 Å². The van der Waals surface area contributed by atoms with Gasteiger partial charge in [0.1, 0.15) is 5.82 Å². The van der Waals surface area contributed by atoms with E-state index in [1.165, 1.54) is 16.7 Å². The van der Waals surface area contributed by atoms with Gasteiger partial charge in [0.05, 0.1) is 11.5 Å². The van der Waals surface area contributed by atoms with Crippen LogP contribution in [0.25, 0.3) is 11.1 Å². The normalized spacial score (nSPS) is 18.4. The van der Waals surface area contributed by atoms with Crippen LogP contribution in [0.1, 0.15) is 17.8 Å². The average Bonchev–Trinajstić information content (AvgIpc) is 3.23. The van der Waals surface area contributed by atoms with Crippen molar-refractivity contribution in [3.05, 3.63) is 66.0 Å². The van der Waals surface area contributed by atoms with Crippen molar-refractivity contribution in [2.45, 2.75) is 23.8 Å². The number of thioether (sulfide) groups is 1. The molecule has 1 saturated heterocycles. The molecule has 1 aromatic heterocycles. The van der Waals surface area contributed by atoms with E-state index in [0.717, 1.165) is 23.2 Å². The molecule has 0 spiro atoms. The summed E-state index contributed by atoms with van der Waals surface area (Å²) in [4.78, 5) is 0. The molecule has 1 atom stereocenters. The first-order valence-electron chi connectivity index (χ1n) is 9.36. The number of sulfone groups is 1. The van der Waals surface area contributed by atoms with E-state index in [1.54, 1.807) is 11.8 Å². The van der Waals surface area contributed by atoms with Gasteiger partial charge >= 0.3 is 0 Å². The summed E-state index contributed by atoms with van der Waals surface area (Å²) in [5.41, 5.74) is 3.66. The zero-order valence-corrected chi connectivity index (χ0v) is 17.4. The van der Waals surface area contributed by atoms with E-state index in [-0.39, 0.29) is 11.7 Å². The van der Waals surface area contributed by atoms with Crippen LogP contribution in [0, 0.1) is 5.92 Å². The van der Waals surface area contributed by atoms with E-state index < -0.39 is 9.84 Å². The molecular formula is C21H23N3O2S2.